The summed E-state index contributed by atoms with van der Waals surface area (Å²) in [6, 6.07) is 14.8. The summed E-state index contributed by atoms with van der Waals surface area (Å²) >= 11 is 0. The van der Waals surface area contributed by atoms with Crippen LogP contribution in [0.2, 0.25) is 0 Å². The van der Waals surface area contributed by atoms with Crippen molar-refractivity contribution >= 4 is 0 Å². The number of hydrogen-bond acceptors (Lipinski definition) is 3. The van der Waals surface area contributed by atoms with E-state index in [4.69, 9.17) is 9.47 Å². The molecule has 0 amide bonds. The van der Waals surface area contributed by atoms with Gasteiger partial charge in [-0.25, -0.2) is 4.39 Å². The molecule has 0 aliphatic carbocycles. The number of ether oxygens (including phenoxy) is 2. The fourth-order valence-corrected chi connectivity index (χ4v) is 3.63. The van der Waals surface area contributed by atoms with Gasteiger partial charge in [0.1, 0.15) is 5.82 Å². The number of halogens is 1. The molecular formula is C22H23FN2O2. The first kappa shape index (κ1) is 17.6. The van der Waals surface area contributed by atoms with Gasteiger partial charge >= 0.3 is 0 Å². The Labute approximate surface area is 158 Å². The second kappa shape index (κ2) is 7.45. The van der Waals surface area contributed by atoms with E-state index in [0.717, 1.165) is 34.0 Å². The predicted molar refractivity (Wildman–Crippen MR) is 103 cm³/mol. The van der Waals surface area contributed by atoms with E-state index in [0.29, 0.717) is 19.8 Å². The highest BCUT2D eigenvalue weighted by Crippen LogP contribution is 2.37. The van der Waals surface area contributed by atoms with Crippen LogP contribution in [0.5, 0.6) is 11.5 Å². The minimum atomic E-state index is -0.230. The highest BCUT2D eigenvalue weighted by Gasteiger charge is 2.24. The maximum absolute atomic E-state index is 13.8. The van der Waals surface area contributed by atoms with Crippen molar-refractivity contribution in [2.45, 2.75) is 26.4 Å². The van der Waals surface area contributed by atoms with Crippen LogP contribution in [0.3, 0.4) is 0 Å². The van der Waals surface area contributed by atoms with Crippen molar-refractivity contribution in [3.05, 3.63) is 77.4 Å². The lowest BCUT2D eigenvalue weighted by Crippen LogP contribution is -2.21. The number of hydrogen-bond donors (Lipinski definition) is 1. The Kier molecular flexibility index (Phi) is 4.86. The van der Waals surface area contributed by atoms with Crippen LogP contribution in [0.15, 0.2) is 54.7 Å². The van der Waals surface area contributed by atoms with E-state index in [2.05, 4.69) is 16.0 Å². The second-order valence-electron chi connectivity index (χ2n) is 6.47. The molecule has 1 atom stereocenters. The van der Waals surface area contributed by atoms with Crippen LogP contribution < -0.4 is 14.8 Å². The predicted octanol–water partition coefficient (Wildman–Crippen LogP) is 4.61. The van der Waals surface area contributed by atoms with Crippen LogP contribution in [-0.4, -0.2) is 17.8 Å². The average Bonchev–Trinajstić information content (AvgIpc) is 3.08. The summed E-state index contributed by atoms with van der Waals surface area (Å²) < 4.78 is 27.5. The Morgan fingerprint density at radius 3 is 2.56 bits per heavy atom. The van der Waals surface area contributed by atoms with Crippen molar-refractivity contribution in [3.8, 4) is 17.2 Å². The minimum absolute atomic E-state index is 0.103. The van der Waals surface area contributed by atoms with Gasteiger partial charge in [0.05, 0.1) is 24.9 Å². The van der Waals surface area contributed by atoms with E-state index in [9.17, 15) is 4.39 Å². The van der Waals surface area contributed by atoms with Gasteiger partial charge in [-0.3, -0.25) is 0 Å². The zero-order valence-corrected chi connectivity index (χ0v) is 15.5. The fraction of sp³-hybridized carbons (Fsp3) is 0.273. The molecule has 0 radical (unpaired) electrons. The molecule has 4 rings (SSSR count). The normalized spacial score (nSPS) is 15.6. The zero-order chi connectivity index (χ0) is 18.8. The zero-order valence-electron chi connectivity index (χ0n) is 15.5. The Balaban J connectivity index is 1.82. The lowest BCUT2D eigenvalue weighted by Gasteiger charge is -2.18. The largest absolute Gasteiger partial charge is 0.490 e. The van der Waals surface area contributed by atoms with E-state index >= 15 is 0 Å². The minimum Gasteiger partial charge on any atom is -0.490 e. The van der Waals surface area contributed by atoms with Crippen molar-refractivity contribution in [2.24, 2.45) is 0 Å². The van der Waals surface area contributed by atoms with Crippen LogP contribution in [-0.2, 0) is 6.54 Å². The molecule has 0 saturated heterocycles. The molecule has 140 valence electrons. The first-order chi connectivity index (χ1) is 13.2. The number of nitrogens with one attached hydrogen (secondary N) is 1. The van der Waals surface area contributed by atoms with Gasteiger partial charge in [-0.05, 0) is 55.3 Å². The molecule has 1 aliphatic rings. The van der Waals surface area contributed by atoms with Crippen molar-refractivity contribution in [3.63, 3.8) is 0 Å². The molecule has 1 aromatic heterocycles. The van der Waals surface area contributed by atoms with Crippen molar-refractivity contribution < 1.29 is 13.9 Å². The third-order valence-corrected chi connectivity index (χ3v) is 4.76. The average molecular weight is 366 g/mol. The standard InChI is InChI=1S/C22H23FN2O2/c1-3-26-20-12-16-14-24-22(15-7-5-8-17(23)11-15)18-9-6-10-25(18)19(16)13-21(20)27-4-2/h5-13,22,24H,3-4,14H2,1-2H3/t22-/m1/s1. The number of rotatable bonds is 5. The Morgan fingerprint density at radius 2 is 1.81 bits per heavy atom. The van der Waals surface area contributed by atoms with Crippen LogP contribution >= 0.6 is 0 Å². The number of fused-ring (bicyclic) bond motifs is 3. The summed E-state index contributed by atoms with van der Waals surface area (Å²) in [6.45, 7) is 5.72. The Hall–Kier alpha value is -2.79. The number of nitrogens with zero attached hydrogens (tertiary/aromatic N) is 1. The first-order valence-corrected chi connectivity index (χ1v) is 9.30. The smallest absolute Gasteiger partial charge is 0.163 e. The molecule has 3 aromatic rings. The van der Waals surface area contributed by atoms with Gasteiger partial charge in [-0.1, -0.05) is 12.1 Å². The lowest BCUT2D eigenvalue weighted by atomic mass is 10.0. The quantitative estimate of drug-likeness (QED) is 0.716. The molecule has 1 N–H and O–H groups in total. The maximum atomic E-state index is 13.8. The van der Waals surface area contributed by atoms with E-state index in [-0.39, 0.29) is 11.9 Å². The van der Waals surface area contributed by atoms with Gasteiger partial charge in [-0.2, -0.15) is 0 Å². The summed E-state index contributed by atoms with van der Waals surface area (Å²) in [4.78, 5) is 0. The van der Waals surface area contributed by atoms with Gasteiger partial charge in [-0.15, -0.1) is 0 Å². The molecule has 5 heteroatoms. The Bertz CT molecular complexity index is 951. The highest BCUT2D eigenvalue weighted by molar-refractivity contribution is 5.56. The van der Waals surface area contributed by atoms with E-state index < -0.39 is 0 Å². The number of aromatic nitrogens is 1. The first-order valence-electron chi connectivity index (χ1n) is 9.30. The van der Waals surface area contributed by atoms with E-state index in [1.807, 2.05) is 44.3 Å². The van der Waals surface area contributed by atoms with Gasteiger partial charge in [0.25, 0.3) is 0 Å². The van der Waals surface area contributed by atoms with E-state index in [1.165, 1.54) is 6.07 Å². The van der Waals surface area contributed by atoms with Crippen molar-refractivity contribution in [2.75, 3.05) is 13.2 Å². The summed E-state index contributed by atoms with van der Waals surface area (Å²) in [5.74, 6) is 1.26. The third-order valence-electron chi connectivity index (χ3n) is 4.76. The highest BCUT2D eigenvalue weighted by atomic mass is 19.1. The summed E-state index contributed by atoms with van der Waals surface area (Å²) in [6.07, 6.45) is 2.03. The van der Waals surface area contributed by atoms with Crippen LogP contribution in [0, 0.1) is 5.82 Å². The van der Waals surface area contributed by atoms with Crippen molar-refractivity contribution in [1.29, 1.82) is 0 Å². The molecule has 2 heterocycles. The van der Waals surface area contributed by atoms with Crippen molar-refractivity contribution in [1.82, 2.24) is 9.88 Å². The van der Waals surface area contributed by atoms with Gasteiger partial charge in [0.2, 0.25) is 0 Å². The van der Waals surface area contributed by atoms with Gasteiger partial charge in [0, 0.05) is 24.5 Å². The van der Waals surface area contributed by atoms with Crippen LogP contribution in [0.1, 0.15) is 36.7 Å². The van der Waals surface area contributed by atoms with Crippen LogP contribution in [0.25, 0.3) is 5.69 Å². The molecule has 2 aromatic carbocycles. The monoisotopic (exact) mass is 366 g/mol. The third kappa shape index (κ3) is 3.30. The van der Waals surface area contributed by atoms with E-state index in [1.54, 1.807) is 12.1 Å². The summed E-state index contributed by atoms with van der Waals surface area (Å²) in [7, 11) is 0. The molecule has 1 aliphatic heterocycles. The molecule has 4 nitrogen and oxygen atoms in total. The topological polar surface area (TPSA) is 35.4 Å². The van der Waals surface area contributed by atoms with Crippen LogP contribution in [0.4, 0.5) is 4.39 Å². The molecule has 0 bridgehead atoms. The summed E-state index contributed by atoms with van der Waals surface area (Å²) in [5.41, 5.74) is 4.12. The van der Waals surface area contributed by atoms with Gasteiger partial charge in [0.15, 0.2) is 11.5 Å². The molecular weight excluding hydrogens is 343 g/mol. The van der Waals surface area contributed by atoms with Gasteiger partial charge < -0.3 is 19.4 Å². The SMILES string of the molecule is CCOc1cc2c(cc1OCC)-n1cccc1[C@@H](c1cccc(F)c1)NC2. The maximum Gasteiger partial charge on any atom is 0.163 e. The number of benzene rings is 2. The molecule has 0 unspecified atom stereocenters. The Morgan fingerprint density at radius 1 is 1.04 bits per heavy atom. The molecule has 0 spiro atoms. The molecule has 0 saturated carbocycles. The molecule has 27 heavy (non-hydrogen) atoms. The molecule has 0 fully saturated rings. The lowest BCUT2D eigenvalue weighted by molar-refractivity contribution is 0.287. The fourth-order valence-electron chi connectivity index (χ4n) is 3.63. The second-order valence-corrected chi connectivity index (χ2v) is 6.47. The summed E-state index contributed by atoms with van der Waals surface area (Å²) in [5, 5.41) is 3.56.